The number of hydrogen-bond acceptors (Lipinski definition) is 5. The van der Waals surface area contributed by atoms with Crippen LogP contribution in [0.1, 0.15) is 52.0 Å². The number of aliphatic hydroxyl groups excluding tert-OH is 1. The average Bonchev–Trinajstić information content (AvgIpc) is 2.90. The largest absolute Gasteiger partial charge is 0.491 e. The molecule has 1 aliphatic rings. The van der Waals surface area contributed by atoms with Crippen LogP contribution < -0.4 is 4.74 Å². The van der Waals surface area contributed by atoms with Gasteiger partial charge in [-0.2, -0.15) is 0 Å². The van der Waals surface area contributed by atoms with Crippen LogP contribution in [0.25, 0.3) is 5.57 Å². The summed E-state index contributed by atoms with van der Waals surface area (Å²) in [5.74, 6) is 0.173. The Hall–Kier alpha value is -2.34. The molecule has 1 N–H and O–H groups in total. The van der Waals surface area contributed by atoms with Gasteiger partial charge in [0, 0.05) is 20.1 Å². The van der Waals surface area contributed by atoms with Crippen LogP contribution in [0.4, 0.5) is 0 Å². The van der Waals surface area contributed by atoms with Gasteiger partial charge in [-0.15, -0.1) is 0 Å². The van der Waals surface area contributed by atoms with Crippen LogP contribution in [0, 0.1) is 0 Å². The highest BCUT2D eigenvalue weighted by Gasteiger charge is 2.40. The van der Waals surface area contributed by atoms with Gasteiger partial charge in [0.15, 0.2) is 0 Å². The van der Waals surface area contributed by atoms with Gasteiger partial charge in [-0.3, -0.25) is 14.5 Å². The zero-order valence-corrected chi connectivity index (χ0v) is 17.4. The maximum absolute atomic E-state index is 13.1. The van der Waals surface area contributed by atoms with Crippen molar-refractivity contribution in [2.24, 2.45) is 0 Å². The molecule has 1 aromatic carbocycles. The molecule has 0 saturated heterocycles. The van der Waals surface area contributed by atoms with E-state index in [0.717, 1.165) is 31.4 Å². The average molecular weight is 389 g/mol. The first-order valence-corrected chi connectivity index (χ1v) is 10.1. The molecular weight excluding hydrogens is 356 g/mol. The van der Waals surface area contributed by atoms with Crippen molar-refractivity contribution >= 4 is 17.4 Å². The minimum absolute atomic E-state index is 0.0598. The molecule has 0 bridgehead atoms. The van der Waals surface area contributed by atoms with Gasteiger partial charge < -0.3 is 14.7 Å². The smallest absolute Gasteiger partial charge is 0.277 e. The molecule has 2 amide bonds. The quantitative estimate of drug-likeness (QED) is 0.466. The van der Waals surface area contributed by atoms with Crippen molar-refractivity contribution in [1.82, 2.24) is 9.80 Å². The van der Waals surface area contributed by atoms with Gasteiger partial charge in [-0.25, -0.2) is 0 Å². The molecule has 0 fully saturated rings. The van der Waals surface area contributed by atoms with E-state index in [9.17, 15) is 14.7 Å². The summed E-state index contributed by atoms with van der Waals surface area (Å²) >= 11 is 0. The molecule has 28 heavy (non-hydrogen) atoms. The third-order valence-corrected chi connectivity index (χ3v) is 4.71. The molecule has 0 spiro atoms. The monoisotopic (exact) mass is 388 g/mol. The maximum Gasteiger partial charge on any atom is 0.277 e. The van der Waals surface area contributed by atoms with Crippen molar-refractivity contribution in [2.45, 2.75) is 52.6 Å². The molecule has 1 aromatic rings. The van der Waals surface area contributed by atoms with E-state index in [1.807, 2.05) is 38.1 Å². The maximum atomic E-state index is 13.1. The Morgan fingerprint density at radius 2 is 1.75 bits per heavy atom. The molecule has 1 aliphatic heterocycles. The summed E-state index contributed by atoms with van der Waals surface area (Å²) in [5.41, 5.74) is 1.44. The van der Waals surface area contributed by atoms with Gasteiger partial charge in [0.05, 0.1) is 18.3 Å². The Morgan fingerprint density at radius 3 is 2.32 bits per heavy atom. The fourth-order valence-corrected chi connectivity index (χ4v) is 3.31. The van der Waals surface area contributed by atoms with E-state index < -0.39 is 0 Å². The third-order valence-electron chi connectivity index (χ3n) is 4.71. The number of imide groups is 1. The lowest BCUT2D eigenvalue weighted by atomic mass is 10.0. The molecule has 0 unspecified atom stereocenters. The zero-order valence-electron chi connectivity index (χ0n) is 17.4. The Balaban J connectivity index is 2.31. The number of nitrogens with zero attached hydrogens (tertiary/aromatic N) is 2. The van der Waals surface area contributed by atoms with Crippen LogP contribution >= 0.6 is 0 Å². The molecule has 0 aromatic heterocycles. The number of hydrogen-bond donors (Lipinski definition) is 1. The standard InChI is InChI=1S/C22H32N2O4/c1-5-6-7-8-13-24-21(26)19(20(22(24)27)23(4)14-15-25)17-9-11-18(12-10-17)28-16(2)3/h9-12,16,25H,5-8,13-15H2,1-4H3. The number of rotatable bonds is 11. The first-order chi connectivity index (χ1) is 13.4. The van der Waals surface area contributed by atoms with Crippen molar-refractivity contribution in [3.05, 3.63) is 35.5 Å². The Kier molecular flexibility index (Phi) is 8.05. The van der Waals surface area contributed by atoms with E-state index in [-0.39, 0.29) is 31.1 Å². The summed E-state index contributed by atoms with van der Waals surface area (Å²) in [5, 5.41) is 9.30. The molecular formula is C22H32N2O4. The normalized spacial score (nSPS) is 14.4. The first kappa shape index (κ1) is 22.0. The van der Waals surface area contributed by atoms with Crippen LogP contribution in [0.2, 0.25) is 0 Å². The zero-order chi connectivity index (χ0) is 20.7. The van der Waals surface area contributed by atoms with Crippen molar-refractivity contribution in [3.8, 4) is 5.75 Å². The van der Waals surface area contributed by atoms with E-state index >= 15 is 0 Å². The fourth-order valence-electron chi connectivity index (χ4n) is 3.31. The molecule has 0 radical (unpaired) electrons. The lowest BCUT2D eigenvalue weighted by Crippen LogP contribution is -2.35. The third kappa shape index (κ3) is 5.13. The second-order valence-electron chi connectivity index (χ2n) is 7.38. The highest BCUT2D eigenvalue weighted by Crippen LogP contribution is 2.32. The number of ether oxygens (including phenoxy) is 1. The summed E-state index contributed by atoms with van der Waals surface area (Å²) in [6.07, 6.45) is 4.04. The van der Waals surface area contributed by atoms with Crippen molar-refractivity contribution in [2.75, 3.05) is 26.7 Å². The van der Waals surface area contributed by atoms with E-state index in [1.54, 1.807) is 11.9 Å². The van der Waals surface area contributed by atoms with Crippen LogP contribution in [-0.2, 0) is 9.59 Å². The summed E-state index contributed by atoms with van der Waals surface area (Å²) in [7, 11) is 1.73. The first-order valence-electron chi connectivity index (χ1n) is 10.1. The minimum Gasteiger partial charge on any atom is -0.491 e. The molecule has 1 heterocycles. The van der Waals surface area contributed by atoms with Crippen molar-refractivity contribution < 1.29 is 19.4 Å². The number of likely N-dealkylation sites (N-methyl/N-ethyl adjacent to an activating group) is 1. The van der Waals surface area contributed by atoms with Gasteiger partial charge in [0.25, 0.3) is 11.8 Å². The number of carbonyl (C=O) groups is 2. The molecule has 0 atom stereocenters. The van der Waals surface area contributed by atoms with E-state index in [0.29, 0.717) is 23.4 Å². The van der Waals surface area contributed by atoms with Crippen LogP contribution in [-0.4, -0.2) is 59.6 Å². The second kappa shape index (κ2) is 10.3. The molecule has 0 aliphatic carbocycles. The van der Waals surface area contributed by atoms with Gasteiger partial charge in [0.2, 0.25) is 0 Å². The van der Waals surface area contributed by atoms with Gasteiger partial charge in [0.1, 0.15) is 11.4 Å². The molecule has 6 nitrogen and oxygen atoms in total. The van der Waals surface area contributed by atoms with E-state index in [1.165, 1.54) is 4.90 Å². The molecule has 0 saturated carbocycles. The summed E-state index contributed by atoms with van der Waals surface area (Å²) < 4.78 is 5.67. The fraction of sp³-hybridized carbons (Fsp3) is 0.545. The van der Waals surface area contributed by atoms with Crippen LogP contribution in [0.15, 0.2) is 30.0 Å². The van der Waals surface area contributed by atoms with Gasteiger partial charge in [-0.05, 0) is 38.0 Å². The van der Waals surface area contributed by atoms with E-state index in [2.05, 4.69) is 6.92 Å². The lowest BCUT2D eigenvalue weighted by Gasteiger charge is -2.20. The summed E-state index contributed by atoms with van der Waals surface area (Å²) in [4.78, 5) is 29.1. The topological polar surface area (TPSA) is 70.1 Å². The van der Waals surface area contributed by atoms with Gasteiger partial charge >= 0.3 is 0 Å². The second-order valence-corrected chi connectivity index (χ2v) is 7.38. The predicted molar refractivity (Wildman–Crippen MR) is 110 cm³/mol. The molecule has 2 rings (SSSR count). The Morgan fingerprint density at radius 1 is 1.07 bits per heavy atom. The highest BCUT2D eigenvalue weighted by atomic mass is 16.5. The number of amides is 2. The van der Waals surface area contributed by atoms with Crippen molar-refractivity contribution in [3.63, 3.8) is 0 Å². The number of unbranched alkanes of at least 4 members (excludes halogenated alkanes) is 3. The lowest BCUT2D eigenvalue weighted by molar-refractivity contribution is -0.137. The Bertz CT molecular complexity index is 710. The highest BCUT2D eigenvalue weighted by molar-refractivity contribution is 6.35. The van der Waals surface area contributed by atoms with Gasteiger partial charge in [-0.1, -0.05) is 38.3 Å². The van der Waals surface area contributed by atoms with Crippen LogP contribution in [0.3, 0.4) is 0 Å². The summed E-state index contributed by atoms with van der Waals surface area (Å²) in [6.45, 7) is 6.65. The minimum atomic E-state index is -0.282. The molecule has 6 heteroatoms. The predicted octanol–water partition coefficient (Wildman–Crippen LogP) is 3.06. The molecule has 154 valence electrons. The number of carbonyl (C=O) groups excluding carboxylic acids is 2. The number of aliphatic hydroxyl groups is 1. The van der Waals surface area contributed by atoms with E-state index in [4.69, 9.17) is 4.74 Å². The number of benzene rings is 1. The van der Waals surface area contributed by atoms with Crippen molar-refractivity contribution in [1.29, 1.82) is 0 Å². The Labute approximate surface area is 167 Å². The SMILES string of the molecule is CCCCCCN1C(=O)C(c2ccc(OC(C)C)cc2)=C(N(C)CCO)C1=O. The summed E-state index contributed by atoms with van der Waals surface area (Å²) in [6, 6.07) is 7.25. The van der Waals surface area contributed by atoms with Crippen LogP contribution in [0.5, 0.6) is 5.75 Å².